The van der Waals surface area contributed by atoms with Gasteiger partial charge < -0.3 is 4.74 Å². The Labute approximate surface area is 204 Å². The molecule has 1 heteroatoms. The van der Waals surface area contributed by atoms with E-state index in [1.165, 1.54) is 67.0 Å². The lowest BCUT2D eigenvalue weighted by Crippen LogP contribution is -1.87. The van der Waals surface area contributed by atoms with Crippen molar-refractivity contribution in [2.24, 2.45) is 0 Å². The molecule has 172 valence electrons. The van der Waals surface area contributed by atoms with Crippen LogP contribution in [0.1, 0.15) is 62.1 Å². The number of rotatable bonds is 9. The van der Waals surface area contributed by atoms with E-state index in [0.717, 1.165) is 22.3 Å². The molecule has 4 aromatic carbocycles. The number of hydrogen-bond donors (Lipinski definition) is 0. The van der Waals surface area contributed by atoms with Crippen molar-refractivity contribution >= 4 is 10.8 Å². The largest absolute Gasteiger partial charge is 0.497 e. The van der Waals surface area contributed by atoms with E-state index in [2.05, 4.69) is 91.6 Å². The lowest BCUT2D eigenvalue weighted by molar-refractivity contribution is 0.415. The van der Waals surface area contributed by atoms with E-state index in [-0.39, 0.29) is 0 Å². The van der Waals surface area contributed by atoms with Crippen molar-refractivity contribution < 1.29 is 4.74 Å². The van der Waals surface area contributed by atoms with Gasteiger partial charge in [0.05, 0.1) is 7.11 Å². The maximum Gasteiger partial charge on any atom is 0.119 e. The first-order chi connectivity index (χ1) is 16.7. The summed E-state index contributed by atoms with van der Waals surface area (Å²) in [6.07, 6.45) is 9.27. The standard InChI is InChI=1S/C33H34O/c1-3-4-5-6-7-8-9-26-12-17-29(18-13-26)30-19-14-27(15-20-30)10-11-28-16-21-32-25-33(34-2)23-22-31(32)24-28/h12-25H,3-9H2,1-2H3. The van der Waals surface area contributed by atoms with Gasteiger partial charge in [0.2, 0.25) is 0 Å². The molecular weight excluding hydrogens is 412 g/mol. The van der Waals surface area contributed by atoms with Gasteiger partial charge in [-0.15, -0.1) is 0 Å². The van der Waals surface area contributed by atoms with Crippen LogP contribution in [0.5, 0.6) is 5.75 Å². The number of hydrogen-bond acceptors (Lipinski definition) is 1. The summed E-state index contributed by atoms with van der Waals surface area (Å²) in [5.74, 6) is 7.48. The van der Waals surface area contributed by atoms with Crippen molar-refractivity contribution in [3.05, 3.63) is 102 Å². The van der Waals surface area contributed by atoms with Crippen LogP contribution in [-0.4, -0.2) is 7.11 Å². The number of methoxy groups -OCH3 is 1. The minimum absolute atomic E-state index is 0.874. The predicted octanol–water partition coefficient (Wildman–Crippen LogP) is 8.82. The molecule has 4 rings (SSSR count). The highest BCUT2D eigenvalue weighted by Crippen LogP contribution is 2.23. The Morgan fingerprint density at radius 3 is 1.91 bits per heavy atom. The van der Waals surface area contributed by atoms with Crippen LogP contribution in [-0.2, 0) is 6.42 Å². The number of fused-ring (bicyclic) bond motifs is 1. The van der Waals surface area contributed by atoms with Crippen molar-refractivity contribution in [2.45, 2.75) is 51.9 Å². The van der Waals surface area contributed by atoms with Crippen molar-refractivity contribution in [2.75, 3.05) is 7.11 Å². The van der Waals surface area contributed by atoms with Crippen molar-refractivity contribution in [3.63, 3.8) is 0 Å². The predicted molar refractivity (Wildman–Crippen MR) is 145 cm³/mol. The van der Waals surface area contributed by atoms with E-state index >= 15 is 0 Å². The second-order valence-corrected chi connectivity index (χ2v) is 8.97. The highest BCUT2D eigenvalue weighted by molar-refractivity contribution is 5.85. The Balaban J connectivity index is 1.35. The number of ether oxygens (including phenoxy) is 1. The Hall–Kier alpha value is -3.50. The first-order valence-electron chi connectivity index (χ1n) is 12.5. The fourth-order valence-corrected chi connectivity index (χ4v) is 4.29. The zero-order valence-electron chi connectivity index (χ0n) is 20.4. The Kier molecular flexibility index (Phi) is 8.42. The molecular formula is C33H34O. The second-order valence-electron chi connectivity index (χ2n) is 8.97. The smallest absolute Gasteiger partial charge is 0.119 e. The van der Waals surface area contributed by atoms with Crippen LogP contribution in [0.15, 0.2) is 84.9 Å². The summed E-state index contributed by atoms with van der Waals surface area (Å²) in [5, 5.41) is 2.33. The van der Waals surface area contributed by atoms with Crippen LogP contribution in [0.3, 0.4) is 0 Å². The number of benzene rings is 4. The first-order valence-corrected chi connectivity index (χ1v) is 12.5. The van der Waals surface area contributed by atoms with Crippen molar-refractivity contribution in [1.82, 2.24) is 0 Å². The zero-order chi connectivity index (χ0) is 23.6. The quantitative estimate of drug-likeness (QED) is 0.184. The summed E-state index contributed by atoms with van der Waals surface area (Å²) in [5.41, 5.74) is 5.98. The molecule has 1 nitrogen and oxygen atoms in total. The third-order valence-corrected chi connectivity index (χ3v) is 6.39. The minimum atomic E-state index is 0.874. The van der Waals surface area contributed by atoms with E-state index in [9.17, 15) is 0 Å². The molecule has 0 bridgehead atoms. The number of unbranched alkanes of at least 4 members (excludes halogenated alkanes) is 5. The van der Waals surface area contributed by atoms with E-state index in [0.29, 0.717) is 0 Å². The third kappa shape index (κ3) is 6.52. The van der Waals surface area contributed by atoms with Gasteiger partial charge in [-0.1, -0.05) is 99.4 Å². The monoisotopic (exact) mass is 446 g/mol. The lowest BCUT2D eigenvalue weighted by Gasteiger charge is -2.05. The van der Waals surface area contributed by atoms with Gasteiger partial charge in [-0.25, -0.2) is 0 Å². The molecule has 0 aliphatic rings. The van der Waals surface area contributed by atoms with E-state index in [4.69, 9.17) is 4.74 Å². The van der Waals surface area contributed by atoms with E-state index in [1.807, 2.05) is 12.1 Å². The van der Waals surface area contributed by atoms with Crippen LogP contribution in [0.2, 0.25) is 0 Å². The average molecular weight is 447 g/mol. The van der Waals surface area contributed by atoms with E-state index < -0.39 is 0 Å². The van der Waals surface area contributed by atoms with Gasteiger partial charge in [0.1, 0.15) is 5.75 Å². The fraction of sp³-hybridized carbons (Fsp3) is 0.273. The number of aryl methyl sites for hydroxylation is 1. The molecule has 0 heterocycles. The summed E-state index contributed by atoms with van der Waals surface area (Å²) < 4.78 is 5.31. The topological polar surface area (TPSA) is 9.23 Å². The summed E-state index contributed by atoms with van der Waals surface area (Å²) in [7, 11) is 1.69. The molecule has 0 fully saturated rings. The SMILES string of the molecule is CCCCCCCCc1ccc(-c2ccc(C#Cc3ccc4cc(OC)ccc4c3)cc2)cc1. The molecule has 0 aromatic heterocycles. The maximum atomic E-state index is 5.31. The molecule has 0 amide bonds. The summed E-state index contributed by atoms with van der Waals surface area (Å²) >= 11 is 0. The van der Waals surface area contributed by atoms with Crippen LogP contribution in [0, 0.1) is 11.8 Å². The molecule has 0 unspecified atom stereocenters. The van der Waals surface area contributed by atoms with Gasteiger partial charge in [-0.2, -0.15) is 0 Å². The molecule has 0 aliphatic carbocycles. The Bertz CT molecular complexity index is 1250. The van der Waals surface area contributed by atoms with Gasteiger partial charge in [-0.05, 0) is 76.7 Å². The molecule has 0 saturated carbocycles. The second kappa shape index (κ2) is 12.1. The highest BCUT2D eigenvalue weighted by Gasteiger charge is 2.00. The fourth-order valence-electron chi connectivity index (χ4n) is 4.29. The average Bonchev–Trinajstić information content (AvgIpc) is 2.89. The van der Waals surface area contributed by atoms with Crippen LogP contribution >= 0.6 is 0 Å². The van der Waals surface area contributed by atoms with Crippen LogP contribution in [0.4, 0.5) is 0 Å². The van der Waals surface area contributed by atoms with Crippen LogP contribution in [0.25, 0.3) is 21.9 Å². The van der Waals surface area contributed by atoms with Gasteiger partial charge in [0.25, 0.3) is 0 Å². The lowest BCUT2D eigenvalue weighted by atomic mass is 10.00. The van der Waals surface area contributed by atoms with Gasteiger partial charge >= 0.3 is 0 Å². The van der Waals surface area contributed by atoms with E-state index in [1.54, 1.807) is 7.11 Å². The third-order valence-electron chi connectivity index (χ3n) is 6.39. The zero-order valence-corrected chi connectivity index (χ0v) is 20.4. The van der Waals surface area contributed by atoms with Gasteiger partial charge in [0.15, 0.2) is 0 Å². The Morgan fingerprint density at radius 1 is 0.588 bits per heavy atom. The summed E-state index contributed by atoms with van der Waals surface area (Å²) in [4.78, 5) is 0. The normalized spacial score (nSPS) is 10.6. The molecule has 0 atom stereocenters. The van der Waals surface area contributed by atoms with Crippen LogP contribution < -0.4 is 4.74 Å². The summed E-state index contributed by atoms with van der Waals surface area (Å²) in [6, 6.07) is 30.0. The van der Waals surface area contributed by atoms with Gasteiger partial charge in [0, 0.05) is 11.1 Å². The molecule has 0 spiro atoms. The minimum Gasteiger partial charge on any atom is -0.497 e. The Morgan fingerprint density at radius 2 is 1.18 bits per heavy atom. The highest BCUT2D eigenvalue weighted by atomic mass is 16.5. The molecule has 34 heavy (non-hydrogen) atoms. The summed E-state index contributed by atoms with van der Waals surface area (Å²) in [6.45, 7) is 2.27. The van der Waals surface area contributed by atoms with Crippen molar-refractivity contribution in [1.29, 1.82) is 0 Å². The molecule has 4 aromatic rings. The maximum absolute atomic E-state index is 5.31. The molecule has 0 radical (unpaired) electrons. The first kappa shape index (κ1) is 23.7. The van der Waals surface area contributed by atoms with Crippen molar-refractivity contribution in [3.8, 4) is 28.7 Å². The van der Waals surface area contributed by atoms with Gasteiger partial charge in [-0.3, -0.25) is 0 Å². The molecule has 0 N–H and O–H groups in total. The molecule has 0 saturated heterocycles. The molecule has 0 aliphatic heterocycles.